The Labute approximate surface area is 93.8 Å². The maximum Gasteiger partial charge on any atom is 0.106 e. The molecular formula is C12H26O3. The zero-order valence-corrected chi connectivity index (χ0v) is 10.6. The fourth-order valence-corrected chi connectivity index (χ4v) is 1.80. The Morgan fingerprint density at radius 2 is 1.73 bits per heavy atom. The monoisotopic (exact) mass is 218 g/mol. The van der Waals surface area contributed by atoms with Crippen LogP contribution in [0.1, 0.15) is 47.0 Å². The largest absolute Gasteiger partial charge is 0.388 e. The van der Waals surface area contributed by atoms with Gasteiger partial charge in [-0.3, -0.25) is 0 Å². The summed E-state index contributed by atoms with van der Waals surface area (Å²) in [5.74, 6) is 0. The number of aliphatic hydroxyl groups excluding tert-OH is 1. The molecular weight excluding hydrogens is 192 g/mol. The number of aliphatic hydroxyl groups is 1. The molecule has 0 saturated heterocycles. The van der Waals surface area contributed by atoms with Gasteiger partial charge >= 0.3 is 0 Å². The van der Waals surface area contributed by atoms with E-state index < -0.39 is 11.7 Å². The quantitative estimate of drug-likeness (QED) is 0.604. The predicted molar refractivity (Wildman–Crippen MR) is 62.1 cm³/mol. The van der Waals surface area contributed by atoms with Crippen molar-refractivity contribution >= 4 is 0 Å². The van der Waals surface area contributed by atoms with Gasteiger partial charge in [-0.2, -0.15) is 0 Å². The third-order valence-electron chi connectivity index (χ3n) is 2.86. The molecule has 0 rings (SSSR count). The number of rotatable bonds is 9. The molecule has 3 nitrogen and oxygen atoms in total. The van der Waals surface area contributed by atoms with E-state index in [1.807, 2.05) is 20.8 Å². The highest BCUT2D eigenvalue weighted by Gasteiger charge is 2.35. The summed E-state index contributed by atoms with van der Waals surface area (Å²) < 4.78 is 11.1. The molecule has 0 aromatic carbocycles. The van der Waals surface area contributed by atoms with Crippen molar-refractivity contribution in [3.63, 3.8) is 0 Å². The van der Waals surface area contributed by atoms with Crippen molar-refractivity contribution in [3.8, 4) is 0 Å². The lowest BCUT2D eigenvalue weighted by atomic mass is 9.90. The van der Waals surface area contributed by atoms with Crippen LogP contribution in [0.25, 0.3) is 0 Å². The molecule has 0 spiro atoms. The Morgan fingerprint density at radius 1 is 1.13 bits per heavy atom. The molecule has 0 bridgehead atoms. The summed E-state index contributed by atoms with van der Waals surface area (Å²) >= 11 is 0. The van der Waals surface area contributed by atoms with Crippen molar-refractivity contribution < 1.29 is 14.6 Å². The molecule has 92 valence electrons. The van der Waals surface area contributed by atoms with Gasteiger partial charge in [0.1, 0.15) is 6.10 Å². The van der Waals surface area contributed by atoms with E-state index in [1.165, 1.54) is 0 Å². The molecule has 0 aromatic heterocycles. The minimum atomic E-state index is -0.529. The fraction of sp³-hybridized carbons (Fsp3) is 1.00. The van der Waals surface area contributed by atoms with Crippen LogP contribution in [0.3, 0.4) is 0 Å². The third-order valence-corrected chi connectivity index (χ3v) is 2.86. The Kier molecular flexibility index (Phi) is 8.02. The Hall–Kier alpha value is -0.120. The lowest BCUT2D eigenvalue weighted by Crippen LogP contribution is -2.46. The van der Waals surface area contributed by atoms with Crippen LogP contribution in [0.15, 0.2) is 0 Å². The standard InChI is InChI=1S/C12H26O3/c1-5-9-14-10-11(13)12(6-2,7-3)15-8-4/h11,13H,5-10H2,1-4H3. The van der Waals surface area contributed by atoms with Crippen LogP contribution in [0, 0.1) is 0 Å². The van der Waals surface area contributed by atoms with Gasteiger partial charge in [0.15, 0.2) is 0 Å². The van der Waals surface area contributed by atoms with Crippen LogP contribution in [-0.2, 0) is 9.47 Å². The molecule has 0 saturated carbocycles. The van der Waals surface area contributed by atoms with Gasteiger partial charge in [-0.05, 0) is 26.2 Å². The van der Waals surface area contributed by atoms with Crippen LogP contribution < -0.4 is 0 Å². The molecule has 1 unspecified atom stereocenters. The first-order chi connectivity index (χ1) is 7.16. The van der Waals surface area contributed by atoms with Crippen LogP contribution in [-0.4, -0.2) is 36.6 Å². The van der Waals surface area contributed by atoms with Gasteiger partial charge in [0.2, 0.25) is 0 Å². The average molecular weight is 218 g/mol. The highest BCUT2D eigenvalue weighted by atomic mass is 16.5. The second-order valence-electron chi connectivity index (χ2n) is 3.80. The first-order valence-electron chi connectivity index (χ1n) is 6.06. The molecule has 0 aromatic rings. The first kappa shape index (κ1) is 14.9. The average Bonchev–Trinajstić information content (AvgIpc) is 2.26. The van der Waals surface area contributed by atoms with Gasteiger partial charge < -0.3 is 14.6 Å². The summed E-state index contributed by atoms with van der Waals surface area (Å²) in [6, 6.07) is 0. The topological polar surface area (TPSA) is 38.7 Å². The fourth-order valence-electron chi connectivity index (χ4n) is 1.80. The van der Waals surface area contributed by atoms with E-state index in [9.17, 15) is 5.11 Å². The lowest BCUT2D eigenvalue weighted by molar-refractivity contribution is -0.145. The van der Waals surface area contributed by atoms with Crippen molar-refractivity contribution in [2.75, 3.05) is 19.8 Å². The molecule has 0 fully saturated rings. The molecule has 0 aliphatic heterocycles. The van der Waals surface area contributed by atoms with Gasteiger partial charge in [-0.1, -0.05) is 20.8 Å². The Balaban J connectivity index is 4.19. The first-order valence-corrected chi connectivity index (χ1v) is 6.06. The highest BCUT2D eigenvalue weighted by Crippen LogP contribution is 2.25. The minimum absolute atomic E-state index is 0.371. The maximum absolute atomic E-state index is 10.1. The smallest absolute Gasteiger partial charge is 0.106 e. The number of hydrogen-bond acceptors (Lipinski definition) is 3. The van der Waals surface area contributed by atoms with Crippen molar-refractivity contribution in [2.24, 2.45) is 0 Å². The molecule has 0 aliphatic rings. The SMILES string of the molecule is CCCOCC(O)C(CC)(CC)OCC. The highest BCUT2D eigenvalue weighted by molar-refractivity contribution is 4.86. The number of hydrogen-bond donors (Lipinski definition) is 1. The molecule has 1 atom stereocenters. The van der Waals surface area contributed by atoms with E-state index in [-0.39, 0.29) is 0 Å². The van der Waals surface area contributed by atoms with Gasteiger partial charge in [0.25, 0.3) is 0 Å². The van der Waals surface area contributed by atoms with Crippen LogP contribution in [0.5, 0.6) is 0 Å². The van der Waals surface area contributed by atoms with Gasteiger partial charge in [-0.15, -0.1) is 0 Å². The van der Waals surface area contributed by atoms with Gasteiger partial charge in [-0.25, -0.2) is 0 Å². The van der Waals surface area contributed by atoms with Gasteiger partial charge in [0, 0.05) is 13.2 Å². The van der Waals surface area contributed by atoms with E-state index in [1.54, 1.807) is 0 Å². The van der Waals surface area contributed by atoms with E-state index in [0.29, 0.717) is 19.8 Å². The van der Waals surface area contributed by atoms with Crippen molar-refractivity contribution in [1.29, 1.82) is 0 Å². The van der Waals surface area contributed by atoms with Crippen molar-refractivity contribution in [1.82, 2.24) is 0 Å². The molecule has 15 heavy (non-hydrogen) atoms. The minimum Gasteiger partial charge on any atom is -0.388 e. The summed E-state index contributed by atoms with van der Waals surface area (Å²) in [4.78, 5) is 0. The second-order valence-corrected chi connectivity index (χ2v) is 3.80. The molecule has 1 N–H and O–H groups in total. The number of ether oxygens (including phenoxy) is 2. The van der Waals surface area contributed by atoms with E-state index in [0.717, 1.165) is 19.3 Å². The Bertz CT molecular complexity index is 144. The summed E-state index contributed by atoms with van der Waals surface area (Å²) in [6.07, 6.45) is 2.08. The molecule has 0 heterocycles. The molecule has 0 amide bonds. The maximum atomic E-state index is 10.1. The van der Waals surface area contributed by atoms with Crippen molar-refractivity contribution in [3.05, 3.63) is 0 Å². The molecule has 3 heteroatoms. The zero-order valence-electron chi connectivity index (χ0n) is 10.6. The van der Waals surface area contributed by atoms with E-state index in [2.05, 4.69) is 6.92 Å². The van der Waals surface area contributed by atoms with E-state index >= 15 is 0 Å². The normalized spacial score (nSPS) is 14.2. The van der Waals surface area contributed by atoms with Crippen molar-refractivity contribution in [2.45, 2.75) is 58.7 Å². The molecule has 0 radical (unpaired) electrons. The molecule has 0 aliphatic carbocycles. The Morgan fingerprint density at radius 3 is 2.13 bits per heavy atom. The zero-order chi connectivity index (χ0) is 11.7. The predicted octanol–water partition coefficient (Wildman–Crippen LogP) is 2.37. The lowest BCUT2D eigenvalue weighted by Gasteiger charge is -2.36. The summed E-state index contributed by atoms with van der Waals surface area (Å²) in [6.45, 7) is 9.81. The third kappa shape index (κ3) is 4.49. The second kappa shape index (κ2) is 8.08. The van der Waals surface area contributed by atoms with Crippen LogP contribution in [0.2, 0.25) is 0 Å². The summed E-state index contributed by atoms with van der Waals surface area (Å²) in [5, 5.41) is 10.1. The van der Waals surface area contributed by atoms with E-state index in [4.69, 9.17) is 9.47 Å². The van der Waals surface area contributed by atoms with Crippen LogP contribution in [0.4, 0.5) is 0 Å². The summed E-state index contributed by atoms with van der Waals surface area (Å²) in [5.41, 5.74) is -0.428. The van der Waals surface area contributed by atoms with Crippen LogP contribution >= 0.6 is 0 Å². The summed E-state index contributed by atoms with van der Waals surface area (Å²) in [7, 11) is 0. The van der Waals surface area contributed by atoms with Gasteiger partial charge in [0.05, 0.1) is 12.2 Å².